The molecule has 0 heterocycles. The van der Waals surface area contributed by atoms with E-state index >= 15 is 0 Å². The zero-order valence-electron chi connectivity index (χ0n) is 14.5. The Bertz CT molecular complexity index is 711. The van der Waals surface area contributed by atoms with Crippen molar-refractivity contribution >= 4 is 17.5 Å². The first-order valence-corrected chi connectivity index (χ1v) is 8.19. The van der Waals surface area contributed by atoms with Crippen molar-refractivity contribution in [3.63, 3.8) is 0 Å². The van der Waals surface area contributed by atoms with Crippen LogP contribution in [0.25, 0.3) is 0 Å². The first-order chi connectivity index (χ1) is 11.5. The van der Waals surface area contributed by atoms with Gasteiger partial charge in [-0.05, 0) is 43.5 Å². The van der Waals surface area contributed by atoms with Gasteiger partial charge in [-0.25, -0.2) is 0 Å². The van der Waals surface area contributed by atoms with Crippen molar-refractivity contribution in [3.05, 3.63) is 65.2 Å². The number of carbonyl (C=O) groups is 2. The molecular formula is C20H24N2O2. The van der Waals surface area contributed by atoms with Crippen molar-refractivity contribution in [3.8, 4) is 0 Å². The Morgan fingerprint density at radius 3 is 2.38 bits per heavy atom. The maximum absolute atomic E-state index is 12.4. The Labute approximate surface area is 143 Å². The normalized spacial score (nSPS) is 10.3. The van der Waals surface area contributed by atoms with Gasteiger partial charge in [-0.1, -0.05) is 42.5 Å². The zero-order valence-corrected chi connectivity index (χ0v) is 14.5. The molecule has 24 heavy (non-hydrogen) atoms. The average molecular weight is 324 g/mol. The highest BCUT2D eigenvalue weighted by molar-refractivity contribution is 6.03. The molecule has 2 amide bonds. The number of nitrogens with one attached hydrogen (secondary N) is 1. The molecule has 4 heteroatoms. The molecule has 0 saturated carbocycles. The summed E-state index contributed by atoms with van der Waals surface area (Å²) < 4.78 is 0. The highest BCUT2D eigenvalue weighted by Crippen LogP contribution is 2.18. The van der Waals surface area contributed by atoms with E-state index < -0.39 is 0 Å². The van der Waals surface area contributed by atoms with E-state index in [2.05, 4.69) is 5.32 Å². The Hall–Kier alpha value is -2.62. The fourth-order valence-corrected chi connectivity index (χ4v) is 2.51. The lowest BCUT2D eigenvalue weighted by molar-refractivity contribution is -0.134. The lowest BCUT2D eigenvalue weighted by Crippen LogP contribution is -2.33. The van der Waals surface area contributed by atoms with E-state index in [9.17, 15) is 9.59 Å². The third kappa shape index (κ3) is 4.69. The molecule has 126 valence electrons. The number of aryl methyl sites for hydroxylation is 1. The Kier molecular flexibility index (Phi) is 6.13. The molecule has 2 aromatic rings. The summed E-state index contributed by atoms with van der Waals surface area (Å²) in [7, 11) is 0. The molecule has 1 N–H and O–H groups in total. The molecule has 0 aliphatic carbocycles. The van der Waals surface area contributed by atoms with Crippen LogP contribution >= 0.6 is 0 Å². The standard InChI is InChI=1S/C20H24N2O2/c1-4-22(14-17-10-6-5-7-11-17)20(24)13-19(23)21-18-12-8-9-15(2)16(18)3/h5-12H,4,13-14H2,1-3H3,(H,21,23). The summed E-state index contributed by atoms with van der Waals surface area (Å²) in [5.41, 5.74) is 3.95. The van der Waals surface area contributed by atoms with Crippen LogP contribution in [-0.2, 0) is 16.1 Å². The lowest BCUT2D eigenvalue weighted by Gasteiger charge is -2.21. The molecule has 0 fully saturated rings. The molecule has 0 aromatic heterocycles. The smallest absolute Gasteiger partial charge is 0.233 e. The van der Waals surface area contributed by atoms with Gasteiger partial charge in [-0.15, -0.1) is 0 Å². The molecule has 4 nitrogen and oxygen atoms in total. The number of nitrogens with zero attached hydrogens (tertiary/aromatic N) is 1. The third-order valence-electron chi connectivity index (χ3n) is 4.14. The SMILES string of the molecule is CCN(Cc1ccccc1)C(=O)CC(=O)Nc1cccc(C)c1C. The minimum atomic E-state index is -0.278. The van der Waals surface area contributed by atoms with Crippen molar-refractivity contribution in [2.75, 3.05) is 11.9 Å². The quantitative estimate of drug-likeness (QED) is 0.824. The van der Waals surface area contributed by atoms with Gasteiger partial charge in [0.25, 0.3) is 0 Å². The van der Waals surface area contributed by atoms with E-state index in [0.717, 1.165) is 22.4 Å². The van der Waals surface area contributed by atoms with Crippen LogP contribution < -0.4 is 5.32 Å². The summed E-state index contributed by atoms with van der Waals surface area (Å²) >= 11 is 0. The van der Waals surface area contributed by atoms with Gasteiger partial charge in [0.15, 0.2) is 0 Å². The number of carbonyl (C=O) groups excluding carboxylic acids is 2. The van der Waals surface area contributed by atoms with E-state index in [1.807, 2.05) is 69.3 Å². The Morgan fingerprint density at radius 1 is 1.00 bits per heavy atom. The molecule has 0 aliphatic rings. The molecule has 0 aliphatic heterocycles. The van der Waals surface area contributed by atoms with Crippen molar-refractivity contribution in [2.24, 2.45) is 0 Å². The van der Waals surface area contributed by atoms with Gasteiger partial charge in [0.05, 0.1) is 0 Å². The van der Waals surface area contributed by atoms with Crippen LogP contribution in [0.1, 0.15) is 30.0 Å². The topological polar surface area (TPSA) is 49.4 Å². The second-order valence-corrected chi connectivity index (χ2v) is 5.87. The molecule has 0 bridgehead atoms. The molecule has 0 radical (unpaired) electrons. The number of amides is 2. The van der Waals surface area contributed by atoms with Gasteiger partial charge in [-0.2, -0.15) is 0 Å². The highest BCUT2D eigenvalue weighted by atomic mass is 16.2. The third-order valence-corrected chi connectivity index (χ3v) is 4.14. The van der Waals surface area contributed by atoms with E-state index in [4.69, 9.17) is 0 Å². The van der Waals surface area contributed by atoms with Gasteiger partial charge in [-0.3, -0.25) is 9.59 Å². The average Bonchev–Trinajstić information content (AvgIpc) is 2.57. The van der Waals surface area contributed by atoms with Crippen LogP contribution in [-0.4, -0.2) is 23.3 Å². The van der Waals surface area contributed by atoms with Crippen LogP contribution in [0.3, 0.4) is 0 Å². The van der Waals surface area contributed by atoms with Crippen molar-refractivity contribution in [1.82, 2.24) is 4.90 Å². The Morgan fingerprint density at radius 2 is 1.71 bits per heavy atom. The van der Waals surface area contributed by atoms with Crippen molar-refractivity contribution < 1.29 is 9.59 Å². The van der Waals surface area contributed by atoms with Crippen LogP contribution in [0.5, 0.6) is 0 Å². The fraction of sp³-hybridized carbons (Fsp3) is 0.300. The van der Waals surface area contributed by atoms with Crippen LogP contribution in [0.4, 0.5) is 5.69 Å². The summed E-state index contributed by atoms with van der Waals surface area (Å²) in [6.07, 6.45) is -0.145. The van der Waals surface area contributed by atoms with E-state index in [1.54, 1.807) is 4.90 Å². The van der Waals surface area contributed by atoms with Crippen molar-refractivity contribution in [1.29, 1.82) is 0 Å². The monoisotopic (exact) mass is 324 g/mol. The van der Waals surface area contributed by atoms with Crippen LogP contribution in [0.15, 0.2) is 48.5 Å². The first-order valence-electron chi connectivity index (χ1n) is 8.19. The number of hydrogen-bond acceptors (Lipinski definition) is 2. The maximum Gasteiger partial charge on any atom is 0.233 e. The Balaban J connectivity index is 1.96. The summed E-state index contributed by atoms with van der Waals surface area (Å²) in [5.74, 6) is -0.440. The second-order valence-electron chi connectivity index (χ2n) is 5.87. The summed E-state index contributed by atoms with van der Waals surface area (Å²) in [6, 6.07) is 15.5. The van der Waals surface area contributed by atoms with Crippen LogP contribution in [0, 0.1) is 13.8 Å². The molecular weight excluding hydrogens is 300 g/mol. The number of anilines is 1. The number of rotatable bonds is 6. The van der Waals surface area contributed by atoms with Gasteiger partial charge in [0.2, 0.25) is 11.8 Å². The van der Waals surface area contributed by atoms with Gasteiger partial charge in [0, 0.05) is 18.8 Å². The molecule has 0 spiro atoms. The largest absolute Gasteiger partial charge is 0.338 e. The second kappa shape index (κ2) is 8.29. The maximum atomic E-state index is 12.4. The summed E-state index contributed by atoms with van der Waals surface area (Å²) in [5, 5.41) is 2.84. The summed E-state index contributed by atoms with van der Waals surface area (Å²) in [6.45, 7) is 6.97. The first kappa shape index (κ1) is 17.7. The van der Waals surface area contributed by atoms with Crippen molar-refractivity contribution in [2.45, 2.75) is 33.7 Å². The molecule has 2 aromatic carbocycles. The molecule has 2 rings (SSSR count). The fourth-order valence-electron chi connectivity index (χ4n) is 2.51. The molecule has 0 saturated heterocycles. The predicted molar refractivity (Wildman–Crippen MR) is 96.7 cm³/mol. The minimum Gasteiger partial charge on any atom is -0.338 e. The number of hydrogen-bond donors (Lipinski definition) is 1. The van der Waals surface area contributed by atoms with Gasteiger partial charge >= 0.3 is 0 Å². The highest BCUT2D eigenvalue weighted by Gasteiger charge is 2.17. The molecule has 0 unspecified atom stereocenters. The summed E-state index contributed by atoms with van der Waals surface area (Å²) in [4.78, 5) is 26.3. The zero-order chi connectivity index (χ0) is 17.5. The van der Waals surface area contributed by atoms with Gasteiger partial charge < -0.3 is 10.2 Å². The molecule has 0 atom stereocenters. The predicted octanol–water partition coefficient (Wildman–Crippen LogP) is 3.68. The van der Waals surface area contributed by atoms with E-state index in [-0.39, 0.29) is 18.2 Å². The minimum absolute atomic E-state index is 0.145. The lowest BCUT2D eigenvalue weighted by atomic mass is 10.1. The van der Waals surface area contributed by atoms with E-state index in [1.165, 1.54) is 0 Å². The van der Waals surface area contributed by atoms with Gasteiger partial charge in [0.1, 0.15) is 6.42 Å². The van der Waals surface area contributed by atoms with E-state index in [0.29, 0.717) is 13.1 Å². The number of benzene rings is 2. The van der Waals surface area contributed by atoms with Crippen LogP contribution in [0.2, 0.25) is 0 Å².